The van der Waals surface area contributed by atoms with Crippen LogP contribution >= 0.6 is 0 Å². The van der Waals surface area contributed by atoms with Crippen molar-refractivity contribution >= 4 is 0 Å². The number of aryl methyl sites for hydroxylation is 1. The molecule has 1 rings (SSSR count). The Hall–Kier alpha value is -0.860. The van der Waals surface area contributed by atoms with Crippen molar-refractivity contribution in [3.05, 3.63) is 35.4 Å². The molecule has 0 bridgehead atoms. The molecule has 2 heteroatoms. The molecular weight excluding hydrogens is 222 g/mol. The fourth-order valence-electron chi connectivity index (χ4n) is 2.26. The molecular formula is C16H27NO. The Morgan fingerprint density at radius 1 is 1.17 bits per heavy atom. The first-order valence-corrected chi connectivity index (χ1v) is 7.05. The molecule has 0 aliphatic heterocycles. The molecule has 0 aromatic heterocycles. The van der Waals surface area contributed by atoms with Crippen molar-refractivity contribution in [3.63, 3.8) is 0 Å². The van der Waals surface area contributed by atoms with Gasteiger partial charge in [-0.2, -0.15) is 0 Å². The molecule has 0 saturated carbocycles. The highest BCUT2D eigenvalue weighted by Gasteiger charge is 2.12. The predicted molar refractivity (Wildman–Crippen MR) is 77.9 cm³/mol. The largest absolute Gasteiger partial charge is 0.383 e. The first-order valence-electron chi connectivity index (χ1n) is 7.05. The molecule has 0 radical (unpaired) electrons. The molecule has 2 atom stereocenters. The molecule has 0 amide bonds. The van der Waals surface area contributed by atoms with Crippen molar-refractivity contribution < 1.29 is 4.74 Å². The van der Waals surface area contributed by atoms with Crippen LogP contribution in [-0.2, 0) is 11.2 Å². The third kappa shape index (κ3) is 4.79. The normalized spacial score (nSPS) is 14.4. The van der Waals surface area contributed by atoms with Gasteiger partial charge in [0.15, 0.2) is 0 Å². The number of ether oxygens (including phenoxy) is 1. The minimum Gasteiger partial charge on any atom is -0.383 e. The second-order valence-corrected chi connectivity index (χ2v) is 4.92. The van der Waals surface area contributed by atoms with Crippen LogP contribution in [0.5, 0.6) is 0 Å². The van der Waals surface area contributed by atoms with Gasteiger partial charge < -0.3 is 10.1 Å². The van der Waals surface area contributed by atoms with E-state index in [-0.39, 0.29) is 0 Å². The maximum Gasteiger partial charge on any atom is 0.0616 e. The Bertz CT molecular complexity index is 314. The zero-order chi connectivity index (χ0) is 13.4. The van der Waals surface area contributed by atoms with E-state index in [1.807, 2.05) is 0 Å². The van der Waals surface area contributed by atoms with Gasteiger partial charge in [-0.15, -0.1) is 0 Å². The van der Waals surface area contributed by atoms with E-state index in [1.165, 1.54) is 17.5 Å². The lowest BCUT2D eigenvalue weighted by Gasteiger charge is -2.23. The molecule has 0 aliphatic rings. The van der Waals surface area contributed by atoms with E-state index in [1.54, 1.807) is 7.11 Å². The molecule has 0 aliphatic carbocycles. The molecule has 2 unspecified atom stereocenters. The smallest absolute Gasteiger partial charge is 0.0616 e. The van der Waals surface area contributed by atoms with Gasteiger partial charge in [0.25, 0.3) is 0 Å². The minimum absolute atomic E-state index is 0.377. The third-order valence-electron chi connectivity index (χ3n) is 3.38. The Kier molecular flexibility index (Phi) is 6.99. The van der Waals surface area contributed by atoms with Crippen LogP contribution in [0.2, 0.25) is 0 Å². The average molecular weight is 249 g/mol. The number of nitrogens with one attached hydrogen (secondary N) is 1. The second kappa shape index (κ2) is 8.28. The van der Waals surface area contributed by atoms with Crippen LogP contribution in [0.1, 0.15) is 50.8 Å². The summed E-state index contributed by atoms with van der Waals surface area (Å²) in [5.74, 6) is 0. The summed E-state index contributed by atoms with van der Waals surface area (Å²) in [4.78, 5) is 0. The monoisotopic (exact) mass is 249 g/mol. The molecule has 2 nitrogen and oxygen atoms in total. The summed E-state index contributed by atoms with van der Waals surface area (Å²) in [5.41, 5.74) is 2.75. The highest BCUT2D eigenvalue weighted by Crippen LogP contribution is 2.15. The van der Waals surface area contributed by atoms with Crippen molar-refractivity contribution in [1.29, 1.82) is 0 Å². The van der Waals surface area contributed by atoms with Gasteiger partial charge in [-0.25, -0.2) is 0 Å². The van der Waals surface area contributed by atoms with Crippen molar-refractivity contribution in [2.24, 2.45) is 0 Å². The van der Waals surface area contributed by atoms with Gasteiger partial charge in [0, 0.05) is 19.2 Å². The van der Waals surface area contributed by atoms with Crippen molar-refractivity contribution in [1.82, 2.24) is 5.32 Å². The van der Waals surface area contributed by atoms with E-state index in [0.717, 1.165) is 19.4 Å². The first kappa shape index (κ1) is 15.2. The predicted octanol–water partition coefficient (Wildman–Crippen LogP) is 3.71. The van der Waals surface area contributed by atoms with Crippen LogP contribution in [0.15, 0.2) is 24.3 Å². The summed E-state index contributed by atoms with van der Waals surface area (Å²) in [7, 11) is 1.77. The van der Waals surface area contributed by atoms with Crippen LogP contribution in [0.4, 0.5) is 0 Å². The molecule has 102 valence electrons. The number of benzene rings is 1. The topological polar surface area (TPSA) is 21.3 Å². The van der Waals surface area contributed by atoms with Gasteiger partial charge in [0.2, 0.25) is 0 Å². The molecule has 0 spiro atoms. The fourth-order valence-corrected chi connectivity index (χ4v) is 2.26. The zero-order valence-electron chi connectivity index (χ0n) is 12.2. The number of hydrogen-bond acceptors (Lipinski definition) is 2. The van der Waals surface area contributed by atoms with Gasteiger partial charge in [-0.05, 0) is 30.9 Å². The van der Waals surface area contributed by atoms with E-state index < -0.39 is 0 Å². The maximum atomic E-state index is 5.27. The summed E-state index contributed by atoms with van der Waals surface area (Å²) in [5, 5.41) is 3.65. The summed E-state index contributed by atoms with van der Waals surface area (Å²) in [6.07, 6.45) is 3.44. The molecule has 0 fully saturated rings. The van der Waals surface area contributed by atoms with E-state index in [9.17, 15) is 0 Å². The average Bonchev–Trinajstić information content (AvgIpc) is 2.39. The number of hydrogen-bond donors (Lipinski definition) is 1. The summed E-state index contributed by atoms with van der Waals surface area (Å²) >= 11 is 0. The van der Waals surface area contributed by atoms with Crippen molar-refractivity contribution in [3.8, 4) is 0 Å². The summed E-state index contributed by atoms with van der Waals surface area (Å²) < 4.78 is 5.27. The van der Waals surface area contributed by atoms with E-state index >= 15 is 0 Å². The Labute approximate surface area is 112 Å². The van der Waals surface area contributed by atoms with E-state index in [2.05, 4.69) is 50.4 Å². The lowest BCUT2D eigenvalue weighted by atomic mass is 10.0. The van der Waals surface area contributed by atoms with Crippen molar-refractivity contribution in [2.75, 3.05) is 13.7 Å². The van der Waals surface area contributed by atoms with E-state index in [0.29, 0.717) is 12.1 Å². The van der Waals surface area contributed by atoms with Gasteiger partial charge in [0.1, 0.15) is 0 Å². The van der Waals surface area contributed by atoms with Crippen LogP contribution in [0, 0.1) is 0 Å². The Morgan fingerprint density at radius 3 is 2.33 bits per heavy atom. The number of rotatable bonds is 8. The molecule has 0 heterocycles. The highest BCUT2D eigenvalue weighted by molar-refractivity contribution is 5.24. The molecule has 0 saturated heterocycles. The standard InChI is InChI=1S/C16H27NO/c1-5-7-16(12-18-4)17-13(3)15-10-8-14(6-2)9-11-15/h8-11,13,16-17H,5-7,12H2,1-4H3. The summed E-state index contributed by atoms with van der Waals surface area (Å²) in [6.45, 7) is 7.40. The SMILES string of the molecule is CCCC(COC)NC(C)c1ccc(CC)cc1. The fraction of sp³-hybridized carbons (Fsp3) is 0.625. The summed E-state index contributed by atoms with van der Waals surface area (Å²) in [6, 6.07) is 9.72. The first-order chi connectivity index (χ1) is 8.71. The molecule has 1 aromatic rings. The van der Waals surface area contributed by atoms with Crippen LogP contribution < -0.4 is 5.32 Å². The Morgan fingerprint density at radius 2 is 1.83 bits per heavy atom. The minimum atomic E-state index is 0.377. The molecule has 18 heavy (non-hydrogen) atoms. The van der Waals surface area contributed by atoms with Gasteiger partial charge >= 0.3 is 0 Å². The van der Waals surface area contributed by atoms with Crippen molar-refractivity contribution in [2.45, 2.75) is 52.1 Å². The van der Waals surface area contributed by atoms with Gasteiger partial charge in [-0.3, -0.25) is 0 Å². The van der Waals surface area contributed by atoms with Gasteiger partial charge in [-0.1, -0.05) is 44.5 Å². The molecule has 1 aromatic carbocycles. The van der Waals surface area contributed by atoms with E-state index in [4.69, 9.17) is 4.74 Å². The quantitative estimate of drug-likeness (QED) is 0.758. The third-order valence-corrected chi connectivity index (χ3v) is 3.38. The zero-order valence-corrected chi connectivity index (χ0v) is 12.2. The lowest BCUT2D eigenvalue weighted by molar-refractivity contribution is 0.157. The maximum absolute atomic E-state index is 5.27. The van der Waals surface area contributed by atoms with Crippen LogP contribution in [-0.4, -0.2) is 19.8 Å². The second-order valence-electron chi connectivity index (χ2n) is 4.92. The lowest BCUT2D eigenvalue weighted by Crippen LogP contribution is -2.35. The Balaban J connectivity index is 2.58. The van der Waals surface area contributed by atoms with Crippen LogP contribution in [0.3, 0.4) is 0 Å². The highest BCUT2D eigenvalue weighted by atomic mass is 16.5. The number of methoxy groups -OCH3 is 1. The van der Waals surface area contributed by atoms with Gasteiger partial charge in [0.05, 0.1) is 6.61 Å². The molecule has 1 N–H and O–H groups in total. The van der Waals surface area contributed by atoms with Crippen LogP contribution in [0.25, 0.3) is 0 Å².